The SMILES string of the molecule is CCCCNC(=[Se])N(CCC)CCC. The molecule has 0 radical (unpaired) electrons. The second-order valence-electron chi connectivity index (χ2n) is 3.57. The monoisotopic (exact) mass is 264 g/mol. The van der Waals surface area contributed by atoms with Gasteiger partial charge in [0.25, 0.3) is 0 Å². The quantitative estimate of drug-likeness (QED) is 0.503. The van der Waals surface area contributed by atoms with Crippen molar-refractivity contribution in [1.82, 2.24) is 10.2 Å². The molecule has 0 saturated carbocycles. The molecule has 0 bridgehead atoms. The van der Waals surface area contributed by atoms with Gasteiger partial charge in [0.1, 0.15) is 0 Å². The summed E-state index contributed by atoms with van der Waals surface area (Å²) in [5, 5.41) is 3.44. The first-order valence-corrected chi connectivity index (χ1v) is 6.64. The Morgan fingerprint density at radius 3 is 2.07 bits per heavy atom. The fourth-order valence-corrected chi connectivity index (χ4v) is 1.94. The van der Waals surface area contributed by atoms with Gasteiger partial charge < -0.3 is 0 Å². The number of nitrogens with zero attached hydrogens (tertiary/aromatic N) is 1. The van der Waals surface area contributed by atoms with Gasteiger partial charge in [-0.1, -0.05) is 0 Å². The molecule has 0 rings (SSSR count). The molecule has 0 unspecified atom stereocenters. The number of unbranched alkanes of at least 4 members (excludes halogenated alkanes) is 1. The Morgan fingerprint density at radius 1 is 1.07 bits per heavy atom. The van der Waals surface area contributed by atoms with Crippen LogP contribution in [0.5, 0.6) is 0 Å². The van der Waals surface area contributed by atoms with Gasteiger partial charge in [-0.2, -0.15) is 0 Å². The summed E-state index contributed by atoms with van der Waals surface area (Å²) in [6.45, 7) is 10.0. The van der Waals surface area contributed by atoms with Crippen molar-refractivity contribution in [3.63, 3.8) is 0 Å². The third-order valence-electron chi connectivity index (χ3n) is 2.08. The molecule has 3 heteroatoms. The van der Waals surface area contributed by atoms with Gasteiger partial charge in [-0.05, 0) is 0 Å². The average Bonchev–Trinajstić information content (AvgIpc) is 2.18. The number of nitrogens with one attached hydrogen (secondary N) is 1. The molecule has 0 heterocycles. The van der Waals surface area contributed by atoms with E-state index in [-0.39, 0.29) is 0 Å². The van der Waals surface area contributed by atoms with Crippen molar-refractivity contribution in [1.29, 1.82) is 0 Å². The topological polar surface area (TPSA) is 15.3 Å². The van der Waals surface area contributed by atoms with Crippen molar-refractivity contribution >= 4 is 20.2 Å². The molecule has 0 amide bonds. The summed E-state index contributed by atoms with van der Waals surface area (Å²) in [6, 6.07) is 0. The summed E-state index contributed by atoms with van der Waals surface area (Å²) in [5.74, 6) is 0. The summed E-state index contributed by atoms with van der Waals surface area (Å²) < 4.78 is 1.22. The van der Waals surface area contributed by atoms with E-state index in [0.29, 0.717) is 0 Å². The van der Waals surface area contributed by atoms with Crippen molar-refractivity contribution < 1.29 is 0 Å². The van der Waals surface area contributed by atoms with Crippen molar-refractivity contribution in [2.24, 2.45) is 0 Å². The molecule has 2 nitrogen and oxygen atoms in total. The van der Waals surface area contributed by atoms with Gasteiger partial charge >= 0.3 is 96.5 Å². The van der Waals surface area contributed by atoms with Crippen LogP contribution >= 0.6 is 0 Å². The first-order valence-electron chi connectivity index (χ1n) is 5.79. The predicted molar refractivity (Wildman–Crippen MR) is 65.8 cm³/mol. The normalized spacial score (nSPS) is 9.93. The Balaban J connectivity index is 3.76. The summed E-state index contributed by atoms with van der Waals surface area (Å²) in [6.07, 6.45) is 4.92. The van der Waals surface area contributed by atoms with Crippen LogP contribution in [0.15, 0.2) is 0 Å². The molecule has 0 aliphatic carbocycles. The Kier molecular flexibility index (Phi) is 9.53. The average molecular weight is 263 g/mol. The molecule has 1 N–H and O–H groups in total. The predicted octanol–water partition coefficient (Wildman–Crippen LogP) is 1.75. The van der Waals surface area contributed by atoms with E-state index in [4.69, 9.17) is 0 Å². The summed E-state index contributed by atoms with van der Waals surface area (Å²) in [7, 11) is 0. The van der Waals surface area contributed by atoms with E-state index < -0.39 is 0 Å². The van der Waals surface area contributed by atoms with Crippen molar-refractivity contribution in [3.8, 4) is 0 Å². The minimum absolute atomic E-state index is 1.09. The van der Waals surface area contributed by atoms with Crippen LogP contribution in [0.25, 0.3) is 0 Å². The first-order chi connectivity index (χ1) is 6.76. The van der Waals surface area contributed by atoms with E-state index in [1.807, 2.05) is 0 Å². The van der Waals surface area contributed by atoms with E-state index in [2.05, 4.69) is 46.6 Å². The molecule has 0 atom stereocenters. The van der Waals surface area contributed by atoms with E-state index in [0.717, 1.165) is 19.6 Å². The molecule has 0 aromatic carbocycles. The summed E-state index contributed by atoms with van der Waals surface area (Å²) in [4.78, 5) is 2.40. The number of hydrogen-bond donors (Lipinski definition) is 1. The van der Waals surface area contributed by atoms with Crippen LogP contribution in [-0.4, -0.2) is 44.8 Å². The summed E-state index contributed by atoms with van der Waals surface area (Å²) in [5.41, 5.74) is 0. The van der Waals surface area contributed by atoms with Gasteiger partial charge in [0.05, 0.1) is 0 Å². The van der Waals surface area contributed by atoms with Crippen molar-refractivity contribution in [3.05, 3.63) is 0 Å². The zero-order valence-corrected chi connectivity index (χ0v) is 11.5. The molecule has 0 spiro atoms. The molecule has 0 aliphatic heterocycles. The molecular weight excluding hydrogens is 239 g/mol. The fraction of sp³-hybridized carbons (Fsp3) is 0.909. The van der Waals surface area contributed by atoms with Crippen LogP contribution in [0.2, 0.25) is 0 Å². The molecule has 0 aromatic rings. The Bertz CT molecular complexity index is 142. The molecule has 0 saturated heterocycles. The molecular formula is C11H24N2Se. The van der Waals surface area contributed by atoms with Crippen LogP contribution in [0.4, 0.5) is 0 Å². The Morgan fingerprint density at radius 2 is 1.64 bits per heavy atom. The molecule has 0 aromatic heterocycles. The van der Waals surface area contributed by atoms with E-state index in [1.54, 1.807) is 0 Å². The second-order valence-corrected chi connectivity index (χ2v) is 4.38. The molecule has 0 aliphatic rings. The Labute approximate surface area is 96.8 Å². The van der Waals surface area contributed by atoms with Crippen molar-refractivity contribution in [2.75, 3.05) is 19.6 Å². The van der Waals surface area contributed by atoms with Crippen molar-refractivity contribution in [2.45, 2.75) is 46.5 Å². The van der Waals surface area contributed by atoms with Crippen LogP contribution in [0, 0.1) is 0 Å². The van der Waals surface area contributed by atoms with Gasteiger partial charge in [0.2, 0.25) is 0 Å². The summed E-state index contributed by atoms with van der Waals surface area (Å²) >= 11 is 3.14. The number of hydrogen-bond acceptors (Lipinski definition) is 2. The maximum absolute atomic E-state index is 3.44. The van der Waals surface area contributed by atoms with E-state index in [1.165, 1.54) is 30.3 Å². The van der Waals surface area contributed by atoms with Gasteiger partial charge in [-0.3, -0.25) is 0 Å². The van der Waals surface area contributed by atoms with Gasteiger partial charge in [-0.15, -0.1) is 0 Å². The standard InChI is InChI=1S/C11H24N2Se/c1-4-7-8-12-11(14)13(9-5-2)10-6-3/h4-10H2,1-3H3,(H,12,14). The zero-order chi connectivity index (χ0) is 10.8. The molecule has 84 valence electrons. The third kappa shape index (κ3) is 6.44. The minimum atomic E-state index is 1.09. The molecule has 14 heavy (non-hydrogen) atoms. The fourth-order valence-electron chi connectivity index (χ4n) is 1.34. The van der Waals surface area contributed by atoms with E-state index >= 15 is 0 Å². The van der Waals surface area contributed by atoms with Gasteiger partial charge in [0, 0.05) is 0 Å². The van der Waals surface area contributed by atoms with Gasteiger partial charge in [0.15, 0.2) is 0 Å². The van der Waals surface area contributed by atoms with Crippen LogP contribution in [0.1, 0.15) is 46.5 Å². The zero-order valence-electron chi connectivity index (χ0n) is 9.81. The van der Waals surface area contributed by atoms with Crippen LogP contribution < -0.4 is 5.32 Å². The van der Waals surface area contributed by atoms with Crippen LogP contribution in [0.3, 0.4) is 0 Å². The Hall–Kier alpha value is -0.0105. The third-order valence-corrected chi connectivity index (χ3v) is 2.93. The molecule has 0 fully saturated rings. The first kappa shape index (κ1) is 14.0. The van der Waals surface area contributed by atoms with Crippen LogP contribution in [-0.2, 0) is 0 Å². The number of rotatable bonds is 9. The second kappa shape index (κ2) is 9.54. The maximum atomic E-state index is 3.44. The van der Waals surface area contributed by atoms with E-state index in [9.17, 15) is 0 Å². The van der Waals surface area contributed by atoms with Gasteiger partial charge in [-0.25, -0.2) is 0 Å².